The molecule has 0 saturated carbocycles. The third-order valence-corrected chi connectivity index (χ3v) is 3.14. The summed E-state index contributed by atoms with van der Waals surface area (Å²) in [5.41, 5.74) is 5.00. The van der Waals surface area contributed by atoms with Gasteiger partial charge in [0.2, 0.25) is 0 Å². The highest BCUT2D eigenvalue weighted by atomic mass is 16.4. The van der Waals surface area contributed by atoms with E-state index < -0.39 is 12.0 Å². The minimum atomic E-state index is -0.831. The highest BCUT2D eigenvalue weighted by molar-refractivity contribution is 5.73. The molecule has 1 unspecified atom stereocenters. The lowest BCUT2D eigenvalue weighted by Crippen LogP contribution is -2.42. The maximum absolute atomic E-state index is 10.8. The first kappa shape index (κ1) is 14.7. The molecule has 0 radical (unpaired) electrons. The first-order valence-electron chi connectivity index (χ1n) is 6.13. The van der Waals surface area contributed by atoms with Gasteiger partial charge in [-0.3, -0.25) is 4.79 Å². The van der Waals surface area contributed by atoms with Gasteiger partial charge < -0.3 is 15.7 Å². The van der Waals surface area contributed by atoms with Crippen molar-refractivity contribution in [2.45, 2.75) is 33.4 Å². The highest BCUT2D eigenvalue weighted by Gasteiger charge is 2.14. The molecule has 4 heteroatoms. The normalized spacial score (nSPS) is 12.4. The van der Waals surface area contributed by atoms with E-state index >= 15 is 0 Å². The molecule has 0 aliphatic heterocycles. The fourth-order valence-electron chi connectivity index (χ4n) is 2.14. The molecule has 0 aromatic heterocycles. The van der Waals surface area contributed by atoms with Gasteiger partial charge in [-0.2, -0.15) is 0 Å². The van der Waals surface area contributed by atoms with Crippen molar-refractivity contribution < 1.29 is 9.90 Å². The number of benzene rings is 1. The minimum Gasteiger partial charge on any atom is -0.480 e. The van der Waals surface area contributed by atoms with Crippen LogP contribution in [0.3, 0.4) is 0 Å². The molecule has 1 rings (SSSR count). The van der Waals surface area contributed by atoms with Gasteiger partial charge in [-0.25, -0.2) is 0 Å². The standard InChI is InChI=1S/C14H22N2O2/c1-9-5-10(2)12(11(3)6-9)7-16-8-13(15-4)14(17)18/h5-6,13,15-16H,7-8H2,1-4H3,(H,17,18). The van der Waals surface area contributed by atoms with Crippen LogP contribution in [0, 0.1) is 20.8 Å². The third-order valence-electron chi connectivity index (χ3n) is 3.14. The van der Waals surface area contributed by atoms with Crippen molar-refractivity contribution >= 4 is 5.97 Å². The molecule has 1 aromatic rings. The Hall–Kier alpha value is -1.39. The van der Waals surface area contributed by atoms with E-state index in [1.807, 2.05) is 0 Å². The summed E-state index contributed by atoms with van der Waals surface area (Å²) < 4.78 is 0. The number of hydrogen-bond donors (Lipinski definition) is 3. The van der Waals surface area contributed by atoms with E-state index in [-0.39, 0.29) is 0 Å². The molecule has 0 fully saturated rings. The summed E-state index contributed by atoms with van der Waals surface area (Å²) in [4.78, 5) is 10.8. The van der Waals surface area contributed by atoms with Crippen LogP contribution in [0.4, 0.5) is 0 Å². The Morgan fingerprint density at radius 1 is 1.28 bits per heavy atom. The first-order valence-corrected chi connectivity index (χ1v) is 6.13. The second-order valence-electron chi connectivity index (χ2n) is 4.69. The Balaban J connectivity index is 2.62. The van der Waals surface area contributed by atoms with Gasteiger partial charge in [0.25, 0.3) is 0 Å². The van der Waals surface area contributed by atoms with Gasteiger partial charge in [0.1, 0.15) is 6.04 Å². The lowest BCUT2D eigenvalue weighted by molar-refractivity contribution is -0.139. The summed E-state index contributed by atoms with van der Waals surface area (Å²) in [5, 5.41) is 14.9. The van der Waals surface area contributed by atoms with Crippen molar-refractivity contribution in [1.29, 1.82) is 0 Å². The number of carboxylic acids is 1. The van der Waals surface area contributed by atoms with E-state index in [2.05, 4.69) is 43.5 Å². The Bertz CT molecular complexity index is 407. The zero-order valence-corrected chi connectivity index (χ0v) is 11.5. The monoisotopic (exact) mass is 250 g/mol. The number of carboxylic acid groups (broad SMARTS) is 1. The average Bonchev–Trinajstić information content (AvgIpc) is 2.26. The van der Waals surface area contributed by atoms with Gasteiger partial charge in [0.05, 0.1) is 0 Å². The quantitative estimate of drug-likeness (QED) is 0.713. The Morgan fingerprint density at radius 3 is 2.28 bits per heavy atom. The molecule has 1 aromatic carbocycles. The Morgan fingerprint density at radius 2 is 1.83 bits per heavy atom. The topological polar surface area (TPSA) is 61.4 Å². The SMILES string of the molecule is CNC(CNCc1c(C)cc(C)cc1C)C(=O)O. The van der Waals surface area contributed by atoms with Gasteiger partial charge in [0.15, 0.2) is 0 Å². The molecule has 0 aliphatic carbocycles. The molecule has 1 atom stereocenters. The van der Waals surface area contributed by atoms with E-state index in [0.29, 0.717) is 13.1 Å². The summed E-state index contributed by atoms with van der Waals surface area (Å²) >= 11 is 0. The summed E-state index contributed by atoms with van der Waals surface area (Å²) in [5.74, 6) is -0.831. The number of rotatable bonds is 6. The van der Waals surface area contributed by atoms with Crippen molar-refractivity contribution in [2.24, 2.45) is 0 Å². The maximum atomic E-state index is 10.8. The number of aryl methyl sites for hydroxylation is 3. The third kappa shape index (κ3) is 3.82. The number of carbonyl (C=O) groups is 1. The van der Waals surface area contributed by atoms with E-state index in [1.54, 1.807) is 7.05 Å². The van der Waals surface area contributed by atoms with Crippen LogP contribution in [-0.4, -0.2) is 30.7 Å². The highest BCUT2D eigenvalue weighted by Crippen LogP contribution is 2.15. The largest absolute Gasteiger partial charge is 0.480 e. The van der Waals surface area contributed by atoms with E-state index in [0.717, 1.165) is 0 Å². The van der Waals surface area contributed by atoms with Crippen LogP contribution >= 0.6 is 0 Å². The maximum Gasteiger partial charge on any atom is 0.322 e. The lowest BCUT2D eigenvalue weighted by Gasteiger charge is -2.15. The average molecular weight is 250 g/mol. The van der Waals surface area contributed by atoms with Crippen molar-refractivity contribution in [1.82, 2.24) is 10.6 Å². The zero-order chi connectivity index (χ0) is 13.7. The van der Waals surface area contributed by atoms with Crippen LogP contribution in [0.1, 0.15) is 22.3 Å². The zero-order valence-electron chi connectivity index (χ0n) is 11.5. The van der Waals surface area contributed by atoms with Gasteiger partial charge in [-0.05, 0) is 44.5 Å². The molecule has 0 heterocycles. The molecule has 3 N–H and O–H groups in total. The molecule has 0 spiro atoms. The predicted molar refractivity (Wildman–Crippen MR) is 72.8 cm³/mol. The molecule has 0 saturated heterocycles. The number of nitrogens with one attached hydrogen (secondary N) is 2. The van der Waals surface area contributed by atoms with Crippen LogP contribution < -0.4 is 10.6 Å². The molecule has 18 heavy (non-hydrogen) atoms. The number of aliphatic carboxylic acids is 1. The number of likely N-dealkylation sites (N-methyl/N-ethyl adjacent to an activating group) is 1. The van der Waals surface area contributed by atoms with Crippen molar-refractivity contribution in [2.75, 3.05) is 13.6 Å². The van der Waals surface area contributed by atoms with Gasteiger partial charge in [0, 0.05) is 13.1 Å². The van der Waals surface area contributed by atoms with Gasteiger partial charge >= 0.3 is 5.97 Å². The Kier molecular flexibility index (Phi) is 5.31. The first-order chi connectivity index (χ1) is 8.45. The molecule has 0 amide bonds. The molecule has 100 valence electrons. The second-order valence-corrected chi connectivity index (χ2v) is 4.69. The number of hydrogen-bond acceptors (Lipinski definition) is 3. The van der Waals surface area contributed by atoms with E-state index in [9.17, 15) is 4.79 Å². The summed E-state index contributed by atoms with van der Waals surface area (Å²) in [6, 6.07) is 3.75. The molecule has 4 nitrogen and oxygen atoms in total. The molecule has 0 bridgehead atoms. The van der Waals surface area contributed by atoms with Gasteiger partial charge in [-0.15, -0.1) is 0 Å². The predicted octanol–water partition coefficient (Wildman–Crippen LogP) is 1.37. The van der Waals surface area contributed by atoms with Crippen LogP contribution in [0.25, 0.3) is 0 Å². The van der Waals surface area contributed by atoms with Crippen molar-refractivity contribution in [3.63, 3.8) is 0 Å². The minimum absolute atomic E-state index is 0.415. The fourth-order valence-corrected chi connectivity index (χ4v) is 2.14. The van der Waals surface area contributed by atoms with Crippen molar-refractivity contribution in [3.05, 3.63) is 34.4 Å². The fraction of sp³-hybridized carbons (Fsp3) is 0.500. The van der Waals surface area contributed by atoms with Crippen LogP contribution in [0.15, 0.2) is 12.1 Å². The van der Waals surface area contributed by atoms with Crippen LogP contribution in [0.5, 0.6) is 0 Å². The molecular formula is C14H22N2O2. The van der Waals surface area contributed by atoms with Crippen LogP contribution in [-0.2, 0) is 11.3 Å². The summed E-state index contributed by atoms with van der Waals surface area (Å²) in [6.07, 6.45) is 0. The van der Waals surface area contributed by atoms with Gasteiger partial charge in [-0.1, -0.05) is 17.7 Å². The van der Waals surface area contributed by atoms with Crippen molar-refractivity contribution in [3.8, 4) is 0 Å². The van der Waals surface area contributed by atoms with Crippen LogP contribution in [0.2, 0.25) is 0 Å². The van der Waals surface area contributed by atoms with E-state index in [1.165, 1.54) is 22.3 Å². The smallest absolute Gasteiger partial charge is 0.322 e. The second kappa shape index (κ2) is 6.52. The molecule has 0 aliphatic rings. The lowest BCUT2D eigenvalue weighted by atomic mass is 10.00. The Labute approximate surface area is 108 Å². The summed E-state index contributed by atoms with van der Waals surface area (Å²) in [6.45, 7) is 7.37. The van der Waals surface area contributed by atoms with E-state index in [4.69, 9.17) is 5.11 Å². The molecular weight excluding hydrogens is 228 g/mol. The summed E-state index contributed by atoms with van der Waals surface area (Å²) in [7, 11) is 1.66.